The largest absolute Gasteiger partial charge is 0.339 e. The first kappa shape index (κ1) is 16.4. The maximum absolute atomic E-state index is 12.8. The average molecular weight is 322 g/mol. The third-order valence-corrected chi connectivity index (χ3v) is 4.72. The third-order valence-electron chi connectivity index (χ3n) is 4.72. The van der Waals surface area contributed by atoms with Crippen LogP contribution in [0.3, 0.4) is 0 Å². The fourth-order valence-electron chi connectivity index (χ4n) is 3.24. The van der Waals surface area contributed by atoms with Crippen LogP contribution in [-0.4, -0.2) is 34.7 Å². The summed E-state index contributed by atoms with van der Waals surface area (Å²) in [5.74, 6) is 0.217. The smallest absolute Gasteiger partial charge is 0.255 e. The monoisotopic (exact) mass is 322 g/mol. The lowest BCUT2D eigenvalue weighted by atomic mass is 9.86. The Hall–Kier alpha value is -2.49. The number of carbonyl (C=O) groups is 2. The van der Waals surface area contributed by atoms with E-state index in [0.717, 1.165) is 29.5 Å². The number of ketones is 1. The molecule has 124 valence electrons. The highest BCUT2D eigenvalue weighted by Gasteiger charge is 2.29. The fourth-order valence-corrected chi connectivity index (χ4v) is 3.24. The van der Waals surface area contributed by atoms with Crippen LogP contribution in [0.15, 0.2) is 42.7 Å². The maximum Gasteiger partial charge on any atom is 0.255 e. The van der Waals surface area contributed by atoms with Crippen molar-refractivity contribution < 1.29 is 9.59 Å². The number of amides is 1. The number of rotatable bonds is 3. The van der Waals surface area contributed by atoms with Gasteiger partial charge in [0.25, 0.3) is 5.91 Å². The van der Waals surface area contributed by atoms with Crippen LogP contribution in [-0.2, 0) is 0 Å². The van der Waals surface area contributed by atoms with Crippen LogP contribution < -0.4 is 0 Å². The van der Waals surface area contributed by atoms with E-state index in [0.29, 0.717) is 18.7 Å². The number of piperidine rings is 1. The molecule has 0 spiro atoms. The molecule has 24 heavy (non-hydrogen) atoms. The van der Waals surface area contributed by atoms with Crippen LogP contribution in [0.1, 0.15) is 44.7 Å². The van der Waals surface area contributed by atoms with E-state index in [9.17, 15) is 9.59 Å². The summed E-state index contributed by atoms with van der Waals surface area (Å²) < 4.78 is 0. The normalized spacial score (nSPS) is 15.3. The van der Waals surface area contributed by atoms with E-state index in [1.807, 2.05) is 36.9 Å². The molecule has 2 aromatic rings. The number of nitrogens with zero attached hydrogens (tertiary/aromatic N) is 2. The van der Waals surface area contributed by atoms with Gasteiger partial charge in [0.2, 0.25) is 0 Å². The zero-order chi connectivity index (χ0) is 17.1. The topological polar surface area (TPSA) is 50.3 Å². The van der Waals surface area contributed by atoms with Gasteiger partial charge in [0.05, 0.1) is 5.56 Å². The van der Waals surface area contributed by atoms with Crippen LogP contribution in [0.4, 0.5) is 0 Å². The molecule has 0 N–H and O–H groups in total. The number of benzene rings is 1. The van der Waals surface area contributed by atoms with Crippen LogP contribution in [0.25, 0.3) is 0 Å². The summed E-state index contributed by atoms with van der Waals surface area (Å²) in [5, 5.41) is 0. The molecular formula is C20H22N2O2. The molecule has 0 radical (unpaired) electrons. The van der Waals surface area contributed by atoms with E-state index in [1.165, 1.54) is 0 Å². The molecule has 4 nitrogen and oxygen atoms in total. The molecule has 1 amide bonds. The molecule has 1 aromatic carbocycles. The van der Waals surface area contributed by atoms with Crippen LogP contribution >= 0.6 is 0 Å². The second-order valence-electron chi connectivity index (χ2n) is 6.49. The van der Waals surface area contributed by atoms with E-state index in [1.54, 1.807) is 24.5 Å². The first-order chi connectivity index (χ1) is 11.6. The van der Waals surface area contributed by atoms with Crippen molar-refractivity contribution in [2.24, 2.45) is 5.92 Å². The number of pyridine rings is 1. The summed E-state index contributed by atoms with van der Waals surface area (Å²) >= 11 is 0. The second-order valence-corrected chi connectivity index (χ2v) is 6.49. The summed E-state index contributed by atoms with van der Waals surface area (Å²) in [5.41, 5.74) is 3.57. The van der Waals surface area contributed by atoms with Gasteiger partial charge in [0.1, 0.15) is 0 Å². The van der Waals surface area contributed by atoms with Crippen LogP contribution in [0, 0.1) is 19.8 Å². The van der Waals surface area contributed by atoms with Gasteiger partial charge in [-0.15, -0.1) is 0 Å². The van der Waals surface area contributed by atoms with Crippen molar-refractivity contribution in [2.45, 2.75) is 26.7 Å². The van der Waals surface area contributed by atoms with Gasteiger partial charge in [0, 0.05) is 37.0 Å². The summed E-state index contributed by atoms with van der Waals surface area (Å²) in [6.07, 6.45) is 4.69. The molecule has 1 aromatic heterocycles. The maximum atomic E-state index is 12.8. The molecule has 2 heterocycles. The van der Waals surface area contributed by atoms with Gasteiger partial charge in [-0.05, 0) is 50.5 Å². The molecule has 0 bridgehead atoms. The zero-order valence-electron chi connectivity index (χ0n) is 14.2. The molecule has 1 aliphatic rings. The second kappa shape index (κ2) is 6.95. The number of aryl methyl sites for hydroxylation is 2. The molecular weight excluding hydrogens is 300 g/mol. The molecule has 0 saturated carbocycles. The van der Waals surface area contributed by atoms with Gasteiger partial charge in [-0.2, -0.15) is 0 Å². The molecule has 0 unspecified atom stereocenters. The highest BCUT2D eigenvalue weighted by Crippen LogP contribution is 2.24. The molecule has 0 aliphatic carbocycles. The van der Waals surface area contributed by atoms with Gasteiger partial charge >= 0.3 is 0 Å². The molecule has 1 fully saturated rings. The molecule has 1 saturated heterocycles. The van der Waals surface area contributed by atoms with Gasteiger partial charge in [-0.25, -0.2) is 0 Å². The number of carbonyl (C=O) groups excluding carboxylic acids is 2. The molecule has 3 rings (SSSR count). The van der Waals surface area contributed by atoms with Crippen molar-refractivity contribution in [3.63, 3.8) is 0 Å². The van der Waals surface area contributed by atoms with Crippen molar-refractivity contribution in [3.05, 3.63) is 65.0 Å². The Bertz CT molecular complexity index is 747. The van der Waals surface area contributed by atoms with E-state index >= 15 is 0 Å². The Kier molecular flexibility index (Phi) is 4.74. The lowest BCUT2D eigenvalue weighted by molar-refractivity contribution is 0.0650. The Morgan fingerprint density at radius 2 is 1.88 bits per heavy atom. The summed E-state index contributed by atoms with van der Waals surface area (Å²) in [6.45, 7) is 5.23. The zero-order valence-corrected chi connectivity index (χ0v) is 14.2. The molecule has 0 atom stereocenters. The first-order valence-electron chi connectivity index (χ1n) is 8.37. The standard InChI is InChI=1S/C20H22N2O2/c1-14-5-6-15(2)18(12-14)19(23)16-7-10-22(11-8-16)20(24)17-4-3-9-21-13-17/h3-6,9,12-13,16H,7-8,10-11H2,1-2H3. The van der Waals surface area contributed by atoms with E-state index in [4.69, 9.17) is 0 Å². The lowest BCUT2D eigenvalue weighted by Crippen LogP contribution is -2.40. The van der Waals surface area contributed by atoms with E-state index < -0.39 is 0 Å². The minimum absolute atomic E-state index is 0.000681. The van der Waals surface area contributed by atoms with Crippen molar-refractivity contribution in [3.8, 4) is 0 Å². The van der Waals surface area contributed by atoms with E-state index in [2.05, 4.69) is 4.98 Å². The van der Waals surface area contributed by atoms with E-state index in [-0.39, 0.29) is 17.6 Å². The third kappa shape index (κ3) is 3.37. The summed E-state index contributed by atoms with van der Waals surface area (Å²) in [7, 11) is 0. The predicted molar refractivity (Wildman–Crippen MR) is 93.1 cm³/mol. The highest BCUT2D eigenvalue weighted by molar-refractivity contribution is 5.99. The fraction of sp³-hybridized carbons (Fsp3) is 0.350. The molecule has 4 heteroatoms. The van der Waals surface area contributed by atoms with Crippen LogP contribution in [0.5, 0.6) is 0 Å². The minimum atomic E-state index is 0.000681. The van der Waals surface area contributed by atoms with Crippen molar-refractivity contribution in [1.82, 2.24) is 9.88 Å². The summed E-state index contributed by atoms with van der Waals surface area (Å²) in [6, 6.07) is 9.56. The number of aromatic nitrogens is 1. The minimum Gasteiger partial charge on any atom is -0.339 e. The van der Waals surface area contributed by atoms with Gasteiger partial charge < -0.3 is 4.90 Å². The highest BCUT2D eigenvalue weighted by atomic mass is 16.2. The number of likely N-dealkylation sites (tertiary alicyclic amines) is 1. The van der Waals surface area contributed by atoms with Gasteiger partial charge in [-0.3, -0.25) is 14.6 Å². The molecule has 1 aliphatic heterocycles. The average Bonchev–Trinajstić information content (AvgIpc) is 2.63. The van der Waals surface area contributed by atoms with Crippen LogP contribution in [0.2, 0.25) is 0 Å². The van der Waals surface area contributed by atoms with Gasteiger partial charge in [-0.1, -0.05) is 17.7 Å². The Morgan fingerprint density at radius 3 is 2.54 bits per heavy atom. The summed E-state index contributed by atoms with van der Waals surface area (Å²) in [4.78, 5) is 31.1. The lowest BCUT2D eigenvalue weighted by Gasteiger charge is -2.31. The quantitative estimate of drug-likeness (QED) is 0.814. The number of hydrogen-bond acceptors (Lipinski definition) is 3. The Labute approximate surface area is 142 Å². The van der Waals surface area contributed by atoms with Crippen molar-refractivity contribution in [2.75, 3.05) is 13.1 Å². The Morgan fingerprint density at radius 1 is 1.12 bits per heavy atom. The van der Waals surface area contributed by atoms with Gasteiger partial charge in [0.15, 0.2) is 5.78 Å². The first-order valence-corrected chi connectivity index (χ1v) is 8.37. The predicted octanol–water partition coefficient (Wildman–Crippen LogP) is 3.43. The Balaban J connectivity index is 1.66. The SMILES string of the molecule is Cc1ccc(C)c(C(=O)C2CCN(C(=O)c3cccnc3)CC2)c1. The number of hydrogen-bond donors (Lipinski definition) is 0. The van der Waals surface area contributed by atoms with Crippen molar-refractivity contribution >= 4 is 11.7 Å². The van der Waals surface area contributed by atoms with Crippen molar-refractivity contribution in [1.29, 1.82) is 0 Å². The number of Topliss-reactive ketones (excluding diaryl/α,β-unsaturated/α-hetero) is 1.